The number of rotatable bonds is 6. The summed E-state index contributed by atoms with van der Waals surface area (Å²) in [5.41, 5.74) is 3.10. The molecule has 2 aromatic rings. The first kappa shape index (κ1) is 18.9. The molecule has 0 atom stereocenters. The molecule has 0 saturated carbocycles. The molecule has 5 nitrogen and oxygen atoms in total. The van der Waals surface area contributed by atoms with Crippen molar-refractivity contribution in [2.45, 2.75) is 27.3 Å². The normalized spacial score (nSPS) is 15.3. The van der Waals surface area contributed by atoms with Gasteiger partial charge in [0.2, 0.25) is 0 Å². The summed E-state index contributed by atoms with van der Waals surface area (Å²) in [5, 5.41) is 3.24. The van der Waals surface area contributed by atoms with Crippen molar-refractivity contribution < 1.29 is 4.79 Å². The Hall–Kier alpha value is -1.92. The highest BCUT2D eigenvalue weighted by Gasteiger charge is 2.22. The summed E-state index contributed by atoms with van der Waals surface area (Å²) < 4.78 is 0. The summed E-state index contributed by atoms with van der Waals surface area (Å²) in [6.07, 6.45) is 0. The molecule has 2 heterocycles. The Morgan fingerprint density at radius 3 is 2.31 bits per heavy atom. The highest BCUT2D eigenvalue weighted by Crippen LogP contribution is 2.17. The topological polar surface area (TPSA) is 39.7 Å². The van der Waals surface area contributed by atoms with E-state index in [1.807, 2.05) is 24.0 Å². The first-order chi connectivity index (χ1) is 12.6. The Labute approximate surface area is 160 Å². The fourth-order valence-corrected chi connectivity index (χ4v) is 4.01. The minimum atomic E-state index is 0.139. The standard InChI is InChI=1S/C20H28N4OS/c1-4-23(5-2)19-8-6-17(7-9-19)20(25)24-12-10-22(11-13-24)14-18-15-26-16(3)21-18/h6-9,15H,4-5,10-14H2,1-3H3. The number of thiazole rings is 1. The second kappa shape index (κ2) is 8.64. The van der Waals surface area contributed by atoms with Gasteiger partial charge in [-0.25, -0.2) is 4.98 Å². The van der Waals surface area contributed by atoms with Gasteiger partial charge in [0.05, 0.1) is 10.7 Å². The molecule has 1 aliphatic heterocycles. The van der Waals surface area contributed by atoms with Crippen LogP contribution in [0.5, 0.6) is 0 Å². The van der Waals surface area contributed by atoms with Crippen molar-refractivity contribution in [2.75, 3.05) is 44.2 Å². The largest absolute Gasteiger partial charge is 0.372 e. The zero-order chi connectivity index (χ0) is 18.5. The lowest BCUT2D eigenvalue weighted by molar-refractivity contribution is 0.0627. The molecule has 1 aliphatic rings. The van der Waals surface area contributed by atoms with Gasteiger partial charge >= 0.3 is 0 Å². The van der Waals surface area contributed by atoms with Gasteiger partial charge in [-0.05, 0) is 45.0 Å². The third-order valence-electron chi connectivity index (χ3n) is 4.95. The van der Waals surface area contributed by atoms with Crippen LogP contribution in [0.2, 0.25) is 0 Å². The molecule has 6 heteroatoms. The van der Waals surface area contributed by atoms with E-state index >= 15 is 0 Å². The molecule has 0 radical (unpaired) electrons. The van der Waals surface area contributed by atoms with E-state index in [1.165, 1.54) is 5.69 Å². The molecule has 0 bridgehead atoms. The van der Waals surface area contributed by atoms with Gasteiger partial charge in [-0.2, -0.15) is 0 Å². The van der Waals surface area contributed by atoms with E-state index in [0.29, 0.717) is 0 Å². The average molecular weight is 373 g/mol. The molecule has 1 amide bonds. The maximum Gasteiger partial charge on any atom is 0.253 e. The summed E-state index contributed by atoms with van der Waals surface area (Å²) in [4.78, 5) is 23.9. The number of carbonyl (C=O) groups is 1. The number of carbonyl (C=O) groups excluding carboxylic acids is 1. The van der Waals surface area contributed by atoms with E-state index in [1.54, 1.807) is 11.3 Å². The predicted molar refractivity (Wildman–Crippen MR) is 108 cm³/mol. The Balaban J connectivity index is 1.54. The lowest BCUT2D eigenvalue weighted by Gasteiger charge is -2.34. The van der Waals surface area contributed by atoms with Crippen LogP contribution in [-0.4, -0.2) is 60.0 Å². The SMILES string of the molecule is CCN(CC)c1ccc(C(=O)N2CCN(Cc3csc(C)n3)CC2)cc1. The number of aromatic nitrogens is 1. The quantitative estimate of drug-likeness (QED) is 0.780. The predicted octanol–water partition coefficient (Wildman–Crippen LogP) is 3.26. The second-order valence-electron chi connectivity index (χ2n) is 6.65. The molecule has 1 fully saturated rings. The first-order valence-electron chi connectivity index (χ1n) is 9.38. The zero-order valence-corrected chi connectivity index (χ0v) is 16.8. The number of amides is 1. The summed E-state index contributed by atoms with van der Waals surface area (Å²) in [7, 11) is 0. The second-order valence-corrected chi connectivity index (χ2v) is 7.71. The highest BCUT2D eigenvalue weighted by molar-refractivity contribution is 7.09. The molecular formula is C20H28N4OS. The van der Waals surface area contributed by atoms with Gasteiger partial charge in [0.1, 0.15) is 0 Å². The highest BCUT2D eigenvalue weighted by atomic mass is 32.1. The van der Waals surface area contributed by atoms with Crippen LogP contribution >= 0.6 is 11.3 Å². The van der Waals surface area contributed by atoms with Crippen LogP contribution in [-0.2, 0) is 6.54 Å². The van der Waals surface area contributed by atoms with Crippen molar-refractivity contribution in [3.8, 4) is 0 Å². The molecule has 0 spiro atoms. The van der Waals surface area contributed by atoms with Gasteiger partial charge in [0.25, 0.3) is 5.91 Å². The fourth-order valence-electron chi connectivity index (χ4n) is 3.41. The molecule has 3 rings (SSSR count). The van der Waals surface area contributed by atoms with Gasteiger partial charge in [-0.1, -0.05) is 0 Å². The van der Waals surface area contributed by atoms with Gasteiger partial charge in [-0.3, -0.25) is 9.69 Å². The van der Waals surface area contributed by atoms with E-state index in [9.17, 15) is 4.79 Å². The first-order valence-corrected chi connectivity index (χ1v) is 10.3. The molecule has 0 aliphatic carbocycles. The lowest BCUT2D eigenvalue weighted by atomic mass is 10.1. The van der Waals surface area contributed by atoms with Crippen LogP contribution in [0.25, 0.3) is 0 Å². The number of benzene rings is 1. The minimum absolute atomic E-state index is 0.139. The molecule has 1 aromatic heterocycles. The van der Waals surface area contributed by atoms with Crippen LogP contribution in [0.4, 0.5) is 5.69 Å². The summed E-state index contributed by atoms with van der Waals surface area (Å²) in [6, 6.07) is 8.03. The zero-order valence-electron chi connectivity index (χ0n) is 15.9. The molecule has 140 valence electrons. The van der Waals surface area contributed by atoms with Gasteiger partial charge in [-0.15, -0.1) is 11.3 Å². The fraction of sp³-hybridized carbons (Fsp3) is 0.500. The average Bonchev–Trinajstić information content (AvgIpc) is 3.08. The molecule has 1 saturated heterocycles. The van der Waals surface area contributed by atoms with Crippen molar-refractivity contribution >= 4 is 22.9 Å². The molecule has 0 unspecified atom stereocenters. The van der Waals surface area contributed by atoms with E-state index in [2.05, 4.69) is 46.1 Å². The van der Waals surface area contributed by atoms with Gasteiger partial charge in [0.15, 0.2) is 0 Å². The molecule has 26 heavy (non-hydrogen) atoms. The van der Waals surface area contributed by atoms with Gasteiger partial charge in [0, 0.05) is 62.4 Å². The Morgan fingerprint density at radius 1 is 1.12 bits per heavy atom. The van der Waals surface area contributed by atoms with Crippen molar-refractivity contribution in [2.24, 2.45) is 0 Å². The van der Waals surface area contributed by atoms with Crippen molar-refractivity contribution in [3.05, 3.63) is 45.9 Å². The summed E-state index contributed by atoms with van der Waals surface area (Å²) >= 11 is 1.70. The Bertz CT molecular complexity index is 716. The number of aryl methyl sites for hydroxylation is 1. The van der Waals surface area contributed by atoms with E-state index in [4.69, 9.17) is 0 Å². The minimum Gasteiger partial charge on any atom is -0.372 e. The lowest BCUT2D eigenvalue weighted by Crippen LogP contribution is -2.48. The Kier molecular flexibility index (Phi) is 6.27. The van der Waals surface area contributed by atoms with Crippen molar-refractivity contribution in [1.29, 1.82) is 0 Å². The number of nitrogens with zero attached hydrogens (tertiary/aromatic N) is 4. The molecule has 0 N–H and O–H groups in total. The van der Waals surface area contributed by atoms with Crippen LogP contribution in [0.3, 0.4) is 0 Å². The molecule has 1 aromatic carbocycles. The Morgan fingerprint density at radius 2 is 1.77 bits per heavy atom. The number of anilines is 1. The number of hydrogen-bond acceptors (Lipinski definition) is 5. The van der Waals surface area contributed by atoms with Crippen LogP contribution < -0.4 is 4.90 Å². The monoisotopic (exact) mass is 372 g/mol. The molecular weight excluding hydrogens is 344 g/mol. The summed E-state index contributed by atoms with van der Waals surface area (Å²) in [5.74, 6) is 0.139. The van der Waals surface area contributed by atoms with E-state index in [0.717, 1.165) is 62.1 Å². The maximum atomic E-state index is 12.8. The van der Waals surface area contributed by atoms with Gasteiger partial charge < -0.3 is 9.80 Å². The van der Waals surface area contributed by atoms with Crippen LogP contribution in [0, 0.1) is 6.92 Å². The van der Waals surface area contributed by atoms with Crippen molar-refractivity contribution in [1.82, 2.24) is 14.8 Å². The van der Waals surface area contributed by atoms with E-state index in [-0.39, 0.29) is 5.91 Å². The van der Waals surface area contributed by atoms with Crippen LogP contribution in [0.1, 0.15) is 34.9 Å². The third-order valence-corrected chi connectivity index (χ3v) is 5.78. The summed E-state index contributed by atoms with van der Waals surface area (Å²) in [6.45, 7) is 12.5. The van der Waals surface area contributed by atoms with Crippen molar-refractivity contribution in [3.63, 3.8) is 0 Å². The smallest absolute Gasteiger partial charge is 0.253 e. The number of hydrogen-bond donors (Lipinski definition) is 0. The maximum absolute atomic E-state index is 12.8. The van der Waals surface area contributed by atoms with E-state index < -0.39 is 0 Å². The van der Waals surface area contributed by atoms with Crippen LogP contribution in [0.15, 0.2) is 29.6 Å². The third kappa shape index (κ3) is 4.43. The number of piperazine rings is 1.